The molecule has 0 aliphatic carbocycles. The third kappa shape index (κ3) is 4.88. The highest BCUT2D eigenvalue weighted by Crippen LogP contribution is 2.25. The Balaban J connectivity index is 0.000000188. The first-order valence-corrected chi connectivity index (χ1v) is 9.56. The van der Waals surface area contributed by atoms with E-state index in [-0.39, 0.29) is 0 Å². The van der Waals surface area contributed by atoms with Crippen LogP contribution in [0.4, 0.5) is 0 Å². The molecule has 5 aromatic rings. The van der Waals surface area contributed by atoms with Crippen molar-refractivity contribution in [3.63, 3.8) is 0 Å². The lowest BCUT2D eigenvalue weighted by atomic mass is 9.99. The van der Waals surface area contributed by atoms with Crippen LogP contribution in [0.2, 0.25) is 0 Å². The SMILES string of the molecule is C(=C\c1ccccc1-c1ccccc1)/c1ccccc1.c1ccc2ocnc2c1. The number of aromatic nitrogens is 1. The van der Waals surface area contributed by atoms with Crippen LogP contribution in [0.3, 0.4) is 0 Å². The zero-order chi connectivity index (χ0) is 19.7. The van der Waals surface area contributed by atoms with Gasteiger partial charge in [0.2, 0.25) is 0 Å². The van der Waals surface area contributed by atoms with Gasteiger partial charge >= 0.3 is 0 Å². The van der Waals surface area contributed by atoms with Gasteiger partial charge in [0.25, 0.3) is 0 Å². The van der Waals surface area contributed by atoms with Crippen molar-refractivity contribution in [1.82, 2.24) is 4.98 Å². The third-order valence-electron chi connectivity index (χ3n) is 4.54. The standard InChI is InChI=1S/C20H16.C7H5NO/c1-3-9-17(10-4-1)15-16-19-13-7-8-14-20(19)18-11-5-2-6-12-18;1-2-4-7-6(3-1)8-5-9-7/h1-16H;1-5H/b16-15+;. The van der Waals surface area contributed by atoms with Crippen molar-refractivity contribution >= 4 is 23.3 Å². The molecule has 29 heavy (non-hydrogen) atoms. The second kappa shape index (κ2) is 9.34. The van der Waals surface area contributed by atoms with E-state index in [2.05, 4.69) is 89.9 Å². The maximum absolute atomic E-state index is 5.01. The predicted molar refractivity (Wildman–Crippen MR) is 121 cm³/mol. The highest BCUT2D eigenvalue weighted by atomic mass is 16.3. The summed E-state index contributed by atoms with van der Waals surface area (Å²) in [6, 6.07) is 37.0. The number of nitrogens with zero attached hydrogens (tertiary/aromatic N) is 1. The van der Waals surface area contributed by atoms with E-state index in [1.54, 1.807) is 0 Å². The van der Waals surface area contributed by atoms with Gasteiger partial charge in [-0.15, -0.1) is 0 Å². The molecule has 0 radical (unpaired) electrons. The third-order valence-corrected chi connectivity index (χ3v) is 4.54. The van der Waals surface area contributed by atoms with E-state index in [9.17, 15) is 0 Å². The largest absolute Gasteiger partial charge is 0.443 e. The Morgan fingerprint density at radius 1 is 0.586 bits per heavy atom. The lowest BCUT2D eigenvalue weighted by Crippen LogP contribution is -1.82. The van der Waals surface area contributed by atoms with Crippen LogP contribution in [0.15, 0.2) is 120 Å². The van der Waals surface area contributed by atoms with E-state index in [1.165, 1.54) is 28.6 Å². The van der Waals surface area contributed by atoms with Crippen LogP contribution in [0.25, 0.3) is 34.4 Å². The van der Waals surface area contributed by atoms with Gasteiger partial charge in [-0.1, -0.05) is 109 Å². The van der Waals surface area contributed by atoms with Crippen molar-refractivity contribution in [3.8, 4) is 11.1 Å². The van der Waals surface area contributed by atoms with Crippen LogP contribution in [0.1, 0.15) is 11.1 Å². The molecule has 0 amide bonds. The Hall–Kier alpha value is -3.91. The topological polar surface area (TPSA) is 26.0 Å². The van der Waals surface area contributed by atoms with E-state index in [4.69, 9.17) is 4.42 Å². The molecule has 0 aliphatic rings. The van der Waals surface area contributed by atoms with E-state index in [0.29, 0.717) is 0 Å². The summed E-state index contributed by atoms with van der Waals surface area (Å²) in [6.45, 7) is 0. The van der Waals surface area contributed by atoms with Gasteiger partial charge < -0.3 is 4.42 Å². The highest BCUT2D eigenvalue weighted by molar-refractivity contribution is 5.80. The van der Waals surface area contributed by atoms with Gasteiger partial charge in [-0.2, -0.15) is 0 Å². The summed E-state index contributed by atoms with van der Waals surface area (Å²) in [5, 5.41) is 0. The first kappa shape index (κ1) is 18.5. The minimum atomic E-state index is 0.845. The number of benzene rings is 4. The quantitative estimate of drug-likeness (QED) is 0.308. The Kier molecular flexibility index (Phi) is 5.94. The van der Waals surface area contributed by atoms with Crippen LogP contribution in [-0.2, 0) is 0 Å². The molecule has 140 valence electrons. The fourth-order valence-electron chi connectivity index (χ4n) is 3.08. The van der Waals surface area contributed by atoms with Gasteiger partial charge in [0.15, 0.2) is 12.0 Å². The summed E-state index contributed by atoms with van der Waals surface area (Å²) < 4.78 is 5.01. The summed E-state index contributed by atoms with van der Waals surface area (Å²) >= 11 is 0. The molecule has 1 aromatic heterocycles. The maximum Gasteiger partial charge on any atom is 0.181 e. The average molecular weight is 375 g/mol. The zero-order valence-corrected chi connectivity index (χ0v) is 16.0. The van der Waals surface area contributed by atoms with Crippen molar-refractivity contribution in [3.05, 3.63) is 127 Å². The lowest BCUT2D eigenvalue weighted by Gasteiger charge is -2.06. The Bertz CT molecular complexity index is 1160. The van der Waals surface area contributed by atoms with Gasteiger partial charge in [0, 0.05) is 0 Å². The van der Waals surface area contributed by atoms with E-state index in [0.717, 1.165) is 11.1 Å². The highest BCUT2D eigenvalue weighted by Gasteiger charge is 2.00. The summed E-state index contributed by atoms with van der Waals surface area (Å²) in [4.78, 5) is 3.95. The Morgan fingerprint density at radius 2 is 1.24 bits per heavy atom. The maximum atomic E-state index is 5.01. The molecule has 0 bridgehead atoms. The van der Waals surface area contributed by atoms with Crippen LogP contribution >= 0.6 is 0 Å². The Morgan fingerprint density at radius 3 is 2.03 bits per heavy atom. The van der Waals surface area contributed by atoms with Crippen molar-refractivity contribution in [1.29, 1.82) is 0 Å². The fraction of sp³-hybridized carbons (Fsp3) is 0. The van der Waals surface area contributed by atoms with Crippen LogP contribution in [0.5, 0.6) is 0 Å². The molecule has 4 aromatic carbocycles. The van der Waals surface area contributed by atoms with Crippen molar-refractivity contribution in [2.24, 2.45) is 0 Å². The zero-order valence-electron chi connectivity index (χ0n) is 16.0. The van der Waals surface area contributed by atoms with Crippen LogP contribution in [-0.4, -0.2) is 4.98 Å². The van der Waals surface area contributed by atoms with Gasteiger partial charge in [0.1, 0.15) is 5.52 Å². The monoisotopic (exact) mass is 375 g/mol. The van der Waals surface area contributed by atoms with E-state index < -0.39 is 0 Å². The van der Waals surface area contributed by atoms with Crippen LogP contribution < -0.4 is 0 Å². The number of para-hydroxylation sites is 2. The number of hydrogen-bond donors (Lipinski definition) is 0. The van der Waals surface area contributed by atoms with Crippen molar-refractivity contribution < 1.29 is 4.42 Å². The summed E-state index contributed by atoms with van der Waals surface area (Å²) in [5.74, 6) is 0. The first-order chi connectivity index (χ1) is 14.4. The first-order valence-electron chi connectivity index (χ1n) is 9.56. The van der Waals surface area contributed by atoms with Gasteiger partial charge in [0.05, 0.1) is 0 Å². The molecule has 1 heterocycles. The second-order valence-electron chi connectivity index (χ2n) is 6.52. The number of hydrogen-bond acceptors (Lipinski definition) is 2. The van der Waals surface area contributed by atoms with E-state index in [1.807, 2.05) is 36.4 Å². The molecule has 0 atom stereocenters. The van der Waals surface area contributed by atoms with Gasteiger partial charge in [-0.3, -0.25) is 0 Å². The van der Waals surface area contributed by atoms with Crippen molar-refractivity contribution in [2.75, 3.05) is 0 Å². The molecule has 0 saturated carbocycles. The van der Waals surface area contributed by atoms with Crippen LogP contribution in [0, 0.1) is 0 Å². The average Bonchev–Trinajstić information content (AvgIpc) is 3.29. The molecule has 0 saturated heterocycles. The fourth-order valence-corrected chi connectivity index (χ4v) is 3.08. The second-order valence-corrected chi connectivity index (χ2v) is 6.52. The lowest BCUT2D eigenvalue weighted by molar-refractivity contribution is 0.602. The number of rotatable bonds is 3. The molecule has 2 nitrogen and oxygen atoms in total. The molecular formula is C27H21NO. The summed E-state index contributed by atoms with van der Waals surface area (Å²) in [5.41, 5.74) is 6.73. The predicted octanol–water partition coefficient (Wildman–Crippen LogP) is 7.35. The molecule has 0 unspecified atom stereocenters. The smallest absolute Gasteiger partial charge is 0.181 e. The van der Waals surface area contributed by atoms with Crippen molar-refractivity contribution in [2.45, 2.75) is 0 Å². The number of fused-ring (bicyclic) bond motifs is 1. The molecule has 2 heteroatoms. The molecule has 0 aliphatic heterocycles. The molecule has 0 fully saturated rings. The Labute approximate surface area is 170 Å². The minimum absolute atomic E-state index is 0.845. The molecule has 0 N–H and O–H groups in total. The molecule has 5 rings (SSSR count). The van der Waals surface area contributed by atoms with Gasteiger partial charge in [-0.25, -0.2) is 4.98 Å². The van der Waals surface area contributed by atoms with E-state index >= 15 is 0 Å². The normalized spacial score (nSPS) is 10.6. The summed E-state index contributed by atoms with van der Waals surface area (Å²) in [6.07, 6.45) is 5.78. The minimum Gasteiger partial charge on any atom is -0.443 e. The number of oxazole rings is 1. The molecular weight excluding hydrogens is 354 g/mol. The van der Waals surface area contributed by atoms with Gasteiger partial charge in [-0.05, 0) is 34.4 Å². The molecule has 0 spiro atoms. The summed E-state index contributed by atoms with van der Waals surface area (Å²) in [7, 11) is 0.